The minimum Gasteiger partial charge on any atom is -0.478 e. The zero-order valence-corrected chi connectivity index (χ0v) is 14.4. The Morgan fingerprint density at radius 2 is 2.04 bits per heavy atom. The Bertz CT molecular complexity index is 535. The van der Waals surface area contributed by atoms with Crippen LogP contribution in [0.25, 0.3) is 0 Å². The van der Waals surface area contributed by atoms with Gasteiger partial charge in [0.05, 0.1) is 11.7 Å². The van der Waals surface area contributed by atoms with Crippen LogP contribution in [-0.2, 0) is 4.74 Å². The smallest absolute Gasteiger partial charge is 0.337 e. The van der Waals surface area contributed by atoms with Crippen LogP contribution in [0.5, 0.6) is 0 Å². The molecule has 132 valence electrons. The molecular weight excluding hydrogens is 306 g/mol. The molecule has 3 rings (SSSR count). The molecule has 1 saturated carbocycles. The molecule has 0 radical (unpaired) electrons. The standard InChI is InChI=1S/C18H27N3O3/c1-2-3-10-24-16-11-15(12-16)20-6-8-21(9-7-20)17-5-4-14(13-19-17)18(22)23/h4-5,13,15-16H,2-3,6-12H2,1H3,(H,22,23). The molecule has 24 heavy (non-hydrogen) atoms. The third kappa shape index (κ3) is 4.05. The Kier molecular flexibility index (Phi) is 5.68. The second kappa shape index (κ2) is 7.94. The molecule has 2 aliphatic rings. The third-order valence-corrected chi connectivity index (χ3v) is 5.07. The molecule has 6 nitrogen and oxygen atoms in total. The van der Waals surface area contributed by atoms with Crippen LogP contribution in [0.2, 0.25) is 0 Å². The molecule has 0 spiro atoms. The number of anilines is 1. The average molecular weight is 333 g/mol. The summed E-state index contributed by atoms with van der Waals surface area (Å²) in [6.07, 6.45) is 6.58. The Hall–Kier alpha value is -1.66. The molecule has 0 unspecified atom stereocenters. The van der Waals surface area contributed by atoms with Crippen LogP contribution < -0.4 is 4.90 Å². The Balaban J connectivity index is 1.41. The lowest BCUT2D eigenvalue weighted by atomic mass is 9.87. The largest absolute Gasteiger partial charge is 0.478 e. The first-order valence-electron chi connectivity index (χ1n) is 8.97. The predicted molar refractivity (Wildman–Crippen MR) is 92.7 cm³/mol. The lowest BCUT2D eigenvalue weighted by Gasteiger charge is -2.46. The zero-order chi connectivity index (χ0) is 16.9. The van der Waals surface area contributed by atoms with Crippen LogP contribution in [0.1, 0.15) is 43.0 Å². The number of unbranched alkanes of at least 4 members (excludes halogenated alkanes) is 1. The molecule has 1 N–H and O–H groups in total. The van der Waals surface area contributed by atoms with E-state index in [0.717, 1.165) is 57.9 Å². The van der Waals surface area contributed by atoms with Gasteiger partial charge in [0.15, 0.2) is 0 Å². The van der Waals surface area contributed by atoms with E-state index in [1.54, 1.807) is 12.1 Å². The first-order valence-corrected chi connectivity index (χ1v) is 8.97. The van der Waals surface area contributed by atoms with Crippen molar-refractivity contribution < 1.29 is 14.6 Å². The highest BCUT2D eigenvalue weighted by Gasteiger charge is 2.35. The fourth-order valence-corrected chi connectivity index (χ4v) is 3.38. The summed E-state index contributed by atoms with van der Waals surface area (Å²) < 4.78 is 5.87. The summed E-state index contributed by atoms with van der Waals surface area (Å²) in [4.78, 5) is 20.0. The number of carboxylic acid groups (broad SMARTS) is 1. The number of hydrogen-bond acceptors (Lipinski definition) is 5. The summed E-state index contributed by atoms with van der Waals surface area (Å²) in [5.74, 6) is -0.0615. The van der Waals surface area contributed by atoms with Gasteiger partial charge in [0, 0.05) is 45.0 Å². The average Bonchev–Trinajstić information content (AvgIpc) is 2.57. The Morgan fingerprint density at radius 1 is 1.29 bits per heavy atom. The number of carboxylic acids is 1. The second-order valence-electron chi connectivity index (χ2n) is 6.70. The molecule has 0 aromatic carbocycles. The monoisotopic (exact) mass is 333 g/mol. The van der Waals surface area contributed by atoms with Gasteiger partial charge < -0.3 is 14.7 Å². The lowest BCUT2D eigenvalue weighted by molar-refractivity contribution is -0.0526. The van der Waals surface area contributed by atoms with E-state index in [0.29, 0.717) is 12.1 Å². The molecule has 1 aromatic rings. The number of aromatic carboxylic acids is 1. The van der Waals surface area contributed by atoms with E-state index in [-0.39, 0.29) is 5.56 Å². The van der Waals surface area contributed by atoms with Gasteiger partial charge in [-0.15, -0.1) is 0 Å². The van der Waals surface area contributed by atoms with E-state index in [1.807, 2.05) is 0 Å². The maximum absolute atomic E-state index is 10.9. The van der Waals surface area contributed by atoms with E-state index >= 15 is 0 Å². The summed E-state index contributed by atoms with van der Waals surface area (Å²) in [6.45, 7) is 7.05. The molecular formula is C18H27N3O3. The first-order chi connectivity index (χ1) is 11.7. The van der Waals surface area contributed by atoms with Gasteiger partial charge in [-0.2, -0.15) is 0 Å². The van der Waals surface area contributed by atoms with Crippen molar-refractivity contribution in [2.75, 3.05) is 37.7 Å². The minimum atomic E-state index is -0.931. The fourth-order valence-electron chi connectivity index (χ4n) is 3.38. The van der Waals surface area contributed by atoms with Crippen LogP contribution >= 0.6 is 0 Å². The van der Waals surface area contributed by atoms with Gasteiger partial charge in [0.1, 0.15) is 5.82 Å². The molecule has 1 aliphatic heterocycles. The van der Waals surface area contributed by atoms with Crippen molar-refractivity contribution in [1.29, 1.82) is 0 Å². The Morgan fingerprint density at radius 3 is 2.62 bits per heavy atom. The summed E-state index contributed by atoms with van der Waals surface area (Å²) in [5, 5.41) is 8.93. The van der Waals surface area contributed by atoms with Crippen molar-refractivity contribution >= 4 is 11.8 Å². The highest BCUT2D eigenvalue weighted by molar-refractivity contribution is 5.87. The maximum atomic E-state index is 10.9. The maximum Gasteiger partial charge on any atom is 0.337 e. The van der Waals surface area contributed by atoms with Crippen molar-refractivity contribution in [2.45, 2.75) is 44.8 Å². The predicted octanol–water partition coefficient (Wildman–Crippen LogP) is 2.25. The topological polar surface area (TPSA) is 65.9 Å². The minimum absolute atomic E-state index is 0.237. The van der Waals surface area contributed by atoms with E-state index in [4.69, 9.17) is 9.84 Å². The lowest BCUT2D eigenvalue weighted by Crippen LogP contribution is -2.55. The van der Waals surface area contributed by atoms with Gasteiger partial charge in [-0.1, -0.05) is 13.3 Å². The quantitative estimate of drug-likeness (QED) is 0.772. The first kappa shape index (κ1) is 17.2. The normalized spacial score (nSPS) is 24.6. The molecule has 2 fully saturated rings. The number of aromatic nitrogens is 1. The van der Waals surface area contributed by atoms with Crippen LogP contribution in [0.3, 0.4) is 0 Å². The molecule has 1 saturated heterocycles. The van der Waals surface area contributed by atoms with Gasteiger partial charge in [-0.25, -0.2) is 9.78 Å². The van der Waals surface area contributed by atoms with Crippen molar-refractivity contribution in [2.24, 2.45) is 0 Å². The molecule has 0 amide bonds. The number of piperazine rings is 1. The summed E-state index contributed by atoms with van der Waals surface area (Å²) in [5.41, 5.74) is 0.237. The van der Waals surface area contributed by atoms with Gasteiger partial charge in [0.2, 0.25) is 0 Å². The number of pyridine rings is 1. The van der Waals surface area contributed by atoms with E-state index < -0.39 is 5.97 Å². The molecule has 2 heterocycles. The third-order valence-electron chi connectivity index (χ3n) is 5.07. The zero-order valence-electron chi connectivity index (χ0n) is 14.4. The van der Waals surface area contributed by atoms with Crippen molar-refractivity contribution in [3.05, 3.63) is 23.9 Å². The molecule has 0 bridgehead atoms. The van der Waals surface area contributed by atoms with Crippen LogP contribution in [-0.4, -0.2) is 65.9 Å². The molecule has 6 heteroatoms. The molecule has 1 aliphatic carbocycles. The number of hydrogen-bond donors (Lipinski definition) is 1. The second-order valence-corrected chi connectivity index (χ2v) is 6.70. The van der Waals surface area contributed by atoms with Crippen molar-refractivity contribution in [3.63, 3.8) is 0 Å². The summed E-state index contributed by atoms with van der Waals surface area (Å²) in [7, 11) is 0. The van der Waals surface area contributed by atoms with E-state index in [1.165, 1.54) is 12.6 Å². The summed E-state index contributed by atoms with van der Waals surface area (Å²) in [6, 6.07) is 4.10. The number of nitrogens with zero attached hydrogens (tertiary/aromatic N) is 3. The van der Waals surface area contributed by atoms with Crippen molar-refractivity contribution in [1.82, 2.24) is 9.88 Å². The van der Waals surface area contributed by atoms with E-state index in [2.05, 4.69) is 21.7 Å². The number of carbonyl (C=O) groups is 1. The number of rotatable bonds is 7. The highest BCUT2D eigenvalue weighted by atomic mass is 16.5. The van der Waals surface area contributed by atoms with Crippen LogP contribution in [0.4, 0.5) is 5.82 Å². The highest BCUT2D eigenvalue weighted by Crippen LogP contribution is 2.29. The van der Waals surface area contributed by atoms with Crippen LogP contribution in [0, 0.1) is 0 Å². The molecule has 0 atom stereocenters. The van der Waals surface area contributed by atoms with Gasteiger partial charge in [-0.3, -0.25) is 4.90 Å². The van der Waals surface area contributed by atoms with E-state index in [9.17, 15) is 4.79 Å². The number of ether oxygens (including phenoxy) is 1. The fraction of sp³-hybridized carbons (Fsp3) is 0.667. The van der Waals surface area contributed by atoms with Gasteiger partial charge in [-0.05, 0) is 31.4 Å². The van der Waals surface area contributed by atoms with Crippen molar-refractivity contribution in [3.8, 4) is 0 Å². The summed E-state index contributed by atoms with van der Waals surface area (Å²) >= 11 is 0. The van der Waals surface area contributed by atoms with Crippen LogP contribution in [0.15, 0.2) is 18.3 Å². The van der Waals surface area contributed by atoms with Gasteiger partial charge in [0.25, 0.3) is 0 Å². The van der Waals surface area contributed by atoms with Gasteiger partial charge >= 0.3 is 5.97 Å². The Labute approximate surface area is 143 Å². The molecule has 1 aromatic heterocycles. The SMILES string of the molecule is CCCCOC1CC(N2CCN(c3ccc(C(=O)O)cn3)CC2)C1.